The molecular weight excluding hydrogens is 270 g/mol. The third-order valence-corrected chi connectivity index (χ3v) is 3.62. The molecule has 0 aromatic rings. The average molecular weight is 301 g/mol. The fourth-order valence-electron chi connectivity index (χ4n) is 2.34. The maximum atomic E-state index is 12.2. The van der Waals surface area contributed by atoms with Crippen LogP contribution in [0.2, 0.25) is 0 Å². The minimum absolute atomic E-state index is 0.259. The summed E-state index contributed by atoms with van der Waals surface area (Å²) in [6, 6.07) is 0. The highest BCUT2D eigenvalue weighted by atomic mass is 16.5. The van der Waals surface area contributed by atoms with Crippen molar-refractivity contribution in [2.75, 3.05) is 72.2 Å². The Kier molecular flexibility index (Phi) is 10.4. The topological polar surface area (TPSA) is 54.0 Å². The number of hydrogen-bond acceptors (Lipinski definition) is 5. The minimum atomic E-state index is 0.259. The number of ether oxygens (including phenoxy) is 2. The SMILES string of the molecule is CCOCCN(CCOCC)CCC(=O)N1CCNCC1. The number of amides is 1. The largest absolute Gasteiger partial charge is 0.380 e. The second kappa shape index (κ2) is 11.9. The summed E-state index contributed by atoms with van der Waals surface area (Å²) in [7, 11) is 0. The molecule has 0 saturated carbocycles. The molecule has 1 heterocycles. The minimum Gasteiger partial charge on any atom is -0.380 e. The Hall–Kier alpha value is -0.690. The lowest BCUT2D eigenvalue weighted by Crippen LogP contribution is -2.47. The van der Waals surface area contributed by atoms with Crippen molar-refractivity contribution in [2.45, 2.75) is 20.3 Å². The Morgan fingerprint density at radius 1 is 1.05 bits per heavy atom. The number of carbonyl (C=O) groups excluding carboxylic acids is 1. The highest BCUT2D eigenvalue weighted by molar-refractivity contribution is 5.76. The van der Waals surface area contributed by atoms with Gasteiger partial charge in [-0.15, -0.1) is 0 Å². The lowest BCUT2D eigenvalue weighted by molar-refractivity contribution is -0.132. The van der Waals surface area contributed by atoms with E-state index in [4.69, 9.17) is 9.47 Å². The van der Waals surface area contributed by atoms with E-state index < -0.39 is 0 Å². The van der Waals surface area contributed by atoms with Gasteiger partial charge in [0.2, 0.25) is 5.91 Å². The molecule has 6 nitrogen and oxygen atoms in total. The third-order valence-electron chi connectivity index (χ3n) is 3.62. The predicted octanol–water partition coefficient (Wildman–Crippen LogP) is 0.183. The van der Waals surface area contributed by atoms with Gasteiger partial charge in [-0.05, 0) is 13.8 Å². The molecule has 1 amide bonds. The number of nitrogens with zero attached hydrogens (tertiary/aromatic N) is 2. The summed E-state index contributed by atoms with van der Waals surface area (Å²) in [6.45, 7) is 12.9. The highest BCUT2D eigenvalue weighted by Crippen LogP contribution is 2.00. The fraction of sp³-hybridized carbons (Fsp3) is 0.933. The van der Waals surface area contributed by atoms with Crippen molar-refractivity contribution in [3.05, 3.63) is 0 Å². The molecule has 0 aromatic carbocycles. The van der Waals surface area contributed by atoms with Crippen molar-refractivity contribution >= 4 is 5.91 Å². The van der Waals surface area contributed by atoms with Gasteiger partial charge >= 0.3 is 0 Å². The van der Waals surface area contributed by atoms with Crippen molar-refractivity contribution in [3.8, 4) is 0 Å². The maximum absolute atomic E-state index is 12.2. The van der Waals surface area contributed by atoms with E-state index in [-0.39, 0.29) is 5.91 Å². The van der Waals surface area contributed by atoms with Crippen LogP contribution < -0.4 is 5.32 Å². The van der Waals surface area contributed by atoms with Crippen LogP contribution in [0.3, 0.4) is 0 Å². The van der Waals surface area contributed by atoms with Crippen molar-refractivity contribution < 1.29 is 14.3 Å². The van der Waals surface area contributed by atoms with E-state index in [0.29, 0.717) is 19.6 Å². The van der Waals surface area contributed by atoms with Gasteiger partial charge in [0.1, 0.15) is 0 Å². The molecule has 0 unspecified atom stereocenters. The van der Waals surface area contributed by atoms with Crippen LogP contribution in [0.25, 0.3) is 0 Å². The molecule has 1 saturated heterocycles. The van der Waals surface area contributed by atoms with Crippen LogP contribution >= 0.6 is 0 Å². The van der Waals surface area contributed by atoms with Crippen LogP contribution in [0, 0.1) is 0 Å². The highest BCUT2D eigenvalue weighted by Gasteiger charge is 2.17. The van der Waals surface area contributed by atoms with Gasteiger partial charge in [-0.25, -0.2) is 0 Å². The first kappa shape index (κ1) is 18.4. The molecule has 0 atom stereocenters. The van der Waals surface area contributed by atoms with Crippen molar-refractivity contribution in [1.82, 2.24) is 15.1 Å². The summed E-state index contributed by atoms with van der Waals surface area (Å²) in [4.78, 5) is 16.4. The smallest absolute Gasteiger partial charge is 0.223 e. The maximum Gasteiger partial charge on any atom is 0.223 e. The van der Waals surface area contributed by atoms with Gasteiger partial charge in [0.05, 0.1) is 13.2 Å². The van der Waals surface area contributed by atoms with Crippen LogP contribution in [0.15, 0.2) is 0 Å². The molecule has 1 aliphatic heterocycles. The molecular formula is C15H31N3O3. The Bertz CT molecular complexity index is 261. The lowest BCUT2D eigenvalue weighted by atomic mass is 10.3. The summed E-state index contributed by atoms with van der Waals surface area (Å²) in [6.07, 6.45) is 0.582. The number of nitrogens with one attached hydrogen (secondary N) is 1. The third kappa shape index (κ3) is 8.36. The van der Waals surface area contributed by atoms with Gasteiger partial charge in [0, 0.05) is 65.4 Å². The Morgan fingerprint density at radius 2 is 1.62 bits per heavy atom. The fourth-order valence-corrected chi connectivity index (χ4v) is 2.34. The molecule has 124 valence electrons. The molecule has 1 aliphatic rings. The Balaban J connectivity index is 2.26. The molecule has 1 N–H and O–H groups in total. The molecule has 21 heavy (non-hydrogen) atoms. The van der Waals surface area contributed by atoms with Gasteiger partial charge in [0.25, 0.3) is 0 Å². The molecule has 1 fully saturated rings. The molecule has 1 rings (SSSR count). The standard InChI is InChI=1S/C15H31N3O3/c1-3-20-13-11-17(12-14-21-4-2)8-5-15(19)18-9-6-16-7-10-18/h16H,3-14H2,1-2H3. The van der Waals surface area contributed by atoms with E-state index in [0.717, 1.165) is 59.0 Å². The Labute approximate surface area is 128 Å². The molecule has 0 aliphatic carbocycles. The van der Waals surface area contributed by atoms with E-state index in [1.54, 1.807) is 0 Å². The molecule has 0 radical (unpaired) electrons. The molecule has 0 aromatic heterocycles. The average Bonchev–Trinajstić information content (AvgIpc) is 2.53. The van der Waals surface area contributed by atoms with Crippen LogP contribution in [-0.4, -0.2) is 87.9 Å². The van der Waals surface area contributed by atoms with Crippen LogP contribution in [0.4, 0.5) is 0 Å². The summed E-state index contributed by atoms with van der Waals surface area (Å²) in [5, 5.41) is 3.27. The van der Waals surface area contributed by atoms with E-state index in [1.807, 2.05) is 18.7 Å². The predicted molar refractivity (Wildman–Crippen MR) is 83.5 cm³/mol. The van der Waals surface area contributed by atoms with Gasteiger partial charge in [0.15, 0.2) is 0 Å². The monoisotopic (exact) mass is 301 g/mol. The van der Waals surface area contributed by atoms with Crippen molar-refractivity contribution in [3.63, 3.8) is 0 Å². The number of carbonyl (C=O) groups is 1. The second-order valence-corrected chi connectivity index (χ2v) is 5.12. The Morgan fingerprint density at radius 3 is 2.14 bits per heavy atom. The zero-order chi connectivity index (χ0) is 15.3. The first-order valence-corrected chi connectivity index (χ1v) is 8.14. The first-order chi connectivity index (χ1) is 10.3. The molecule has 0 spiro atoms. The van der Waals surface area contributed by atoms with Crippen LogP contribution in [-0.2, 0) is 14.3 Å². The quantitative estimate of drug-likeness (QED) is 0.552. The molecule has 0 bridgehead atoms. The summed E-state index contributed by atoms with van der Waals surface area (Å²) >= 11 is 0. The van der Waals surface area contributed by atoms with Gasteiger partial charge in [-0.3, -0.25) is 9.69 Å². The van der Waals surface area contributed by atoms with Gasteiger partial charge in [-0.1, -0.05) is 0 Å². The zero-order valence-electron chi connectivity index (χ0n) is 13.6. The normalized spacial score (nSPS) is 15.7. The number of rotatable bonds is 11. The summed E-state index contributed by atoms with van der Waals surface area (Å²) < 4.78 is 10.8. The first-order valence-electron chi connectivity index (χ1n) is 8.14. The molecule has 6 heteroatoms. The van der Waals surface area contributed by atoms with Crippen LogP contribution in [0.1, 0.15) is 20.3 Å². The van der Waals surface area contributed by atoms with E-state index >= 15 is 0 Å². The van der Waals surface area contributed by atoms with Gasteiger partial charge < -0.3 is 19.7 Å². The summed E-state index contributed by atoms with van der Waals surface area (Å²) in [5.74, 6) is 0.259. The number of piperazine rings is 1. The van der Waals surface area contributed by atoms with E-state index in [1.165, 1.54) is 0 Å². The van der Waals surface area contributed by atoms with Crippen LogP contribution in [0.5, 0.6) is 0 Å². The van der Waals surface area contributed by atoms with Crippen molar-refractivity contribution in [1.29, 1.82) is 0 Å². The summed E-state index contributed by atoms with van der Waals surface area (Å²) in [5.41, 5.74) is 0. The zero-order valence-corrected chi connectivity index (χ0v) is 13.6. The van der Waals surface area contributed by atoms with E-state index in [2.05, 4.69) is 10.2 Å². The van der Waals surface area contributed by atoms with E-state index in [9.17, 15) is 4.79 Å². The van der Waals surface area contributed by atoms with Crippen molar-refractivity contribution in [2.24, 2.45) is 0 Å². The second-order valence-electron chi connectivity index (χ2n) is 5.12. The number of hydrogen-bond donors (Lipinski definition) is 1. The lowest BCUT2D eigenvalue weighted by Gasteiger charge is -2.29. The van der Waals surface area contributed by atoms with Gasteiger partial charge in [-0.2, -0.15) is 0 Å².